The molecule has 2 aromatic heterocycles. The van der Waals surface area contributed by atoms with E-state index in [0.29, 0.717) is 23.7 Å². The Bertz CT molecular complexity index is 939. The van der Waals surface area contributed by atoms with Gasteiger partial charge in [-0.3, -0.25) is 9.67 Å². The van der Waals surface area contributed by atoms with Crippen LogP contribution in [0, 0.1) is 0 Å². The van der Waals surface area contributed by atoms with Crippen molar-refractivity contribution in [1.29, 1.82) is 0 Å². The summed E-state index contributed by atoms with van der Waals surface area (Å²) in [5.74, 6) is 1.01. The van der Waals surface area contributed by atoms with Gasteiger partial charge in [-0.2, -0.15) is 5.10 Å². The molecule has 140 valence electrons. The number of hydrogen-bond acceptors (Lipinski definition) is 5. The number of nitrogens with zero attached hydrogens (tertiary/aromatic N) is 3. The van der Waals surface area contributed by atoms with Gasteiger partial charge in [0, 0.05) is 31.5 Å². The molecule has 8 nitrogen and oxygen atoms in total. The standard InChI is InChI=1S/C19H21N5O3/c1-24-12-14(11-22-24)17-13(6-5-9-20-17)10-21-19(25)23-15-7-4-8-16(26-2)18(15)27-3/h4-9,11-12H,10H2,1-3H3,(H2,21,23,25). The van der Waals surface area contributed by atoms with Crippen molar-refractivity contribution in [2.75, 3.05) is 19.5 Å². The van der Waals surface area contributed by atoms with E-state index in [1.165, 1.54) is 7.11 Å². The third kappa shape index (κ3) is 4.17. The van der Waals surface area contributed by atoms with Crippen LogP contribution in [0.2, 0.25) is 0 Å². The molecule has 2 heterocycles. The SMILES string of the molecule is COc1cccc(NC(=O)NCc2cccnc2-c2cnn(C)c2)c1OC. The van der Waals surface area contributed by atoms with Gasteiger partial charge in [0.1, 0.15) is 0 Å². The van der Waals surface area contributed by atoms with Crippen LogP contribution in [0.15, 0.2) is 48.9 Å². The number of methoxy groups -OCH3 is 2. The number of benzene rings is 1. The number of carbonyl (C=O) groups is 1. The van der Waals surface area contributed by atoms with Crippen molar-refractivity contribution in [3.8, 4) is 22.8 Å². The number of rotatable bonds is 6. The topological polar surface area (TPSA) is 90.3 Å². The molecular formula is C19H21N5O3. The smallest absolute Gasteiger partial charge is 0.319 e. The summed E-state index contributed by atoms with van der Waals surface area (Å²) >= 11 is 0. The molecule has 0 bridgehead atoms. The van der Waals surface area contributed by atoms with Crippen molar-refractivity contribution >= 4 is 11.7 Å². The predicted octanol–water partition coefficient (Wildman–Crippen LogP) is 2.82. The molecule has 0 atom stereocenters. The first kappa shape index (κ1) is 18.2. The lowest BCUT2D eigenvalue weighted by Crippen LogP contribution is -2.28. The second kappa shape index (κ2) is 8.22. The first-order valence-corrected chi connectivity index (χ1v) is 8.31. The molecule has 3 rings (SSSR count). The Morgan fingerprint density at radius 2 is 2.04 bits per heavy atom. The van der Waals surface area contributed by atoms with Crippen molar-refractivity contribution in [2.24, 2.45) is 7.05 Å². The summed E-state index contributed by atoms with van der Waals surface area (Å²) in [6.07, 6.45) is 5.34. The maximum absolute atomic E-state index is 12.4. The Labute approximate surface area is 157 Å². The van der Waals surface area contributed by atoms with Crippen molar-refractivity contribution < 1.29 is 14.3 Å². The predicted molar refractivity (Wildman–Crippen MR) is 102 cm³/mol. The highest BCUT2D eigenvalue weighted by Crippen LogP contribution is 2.34. The number of aryl methyl sites for hydroxylation is 1. The summed E-state index contributed by atoms with van der Waals surface area (Å²) in [6.45, 7) is 0.316. The molecule has 2 N–H and O–H groups in total. The summed E-state index contributed by atoms with van der Waals surface area (Å²) in [5, 5.41) is 9.79. The second-order valence-corrected chi connectivity index (χ2v) is 5.76. The fraction of sp³-hybridized carbons (Fsp3) is 0.211. The van der Waals surface area contributed by atoms with E-state index in [4.69, 9.17) is 9.47 Å². The monoisotopic (exact) mass is 367 g/mol. The van der Waals surface area contributed by atoms with Crippen LogP contribution in [0.25, 0.3) is 11.3 Å². The Kier molecular flexibility index (Phi) is 5.55. The largest absolute Gasteiger partial charge is 0.493 e. The molecule has 8 heteroatoms. The van der Waals surface area contributed by atoms with Gasteiger partial charge in [-0.15, -0.1) is 0 Å². The molecule has 0 spiro atoms. The molecule has 3 aromatic rings. The number of urea groups is 1. The maximum atomic E-state index is 12.4. The zero-order valence-electron chi connectivity index (χ0n) is 15.4. The molecule has 0 fully saturated rings. The minimum absolute atomic E-state index is 0.316. The fourth-order valence-corrected chi connectivity index (χ4v) is 2.71. The number of amides is 2. The van der Waals surface area contributed by atoms with E-state index in [0.717, 1.165) is 16.8 Å². The number of hydrogen-bond donors (Lipinski definition) is 2. The highest BCUT2D eigenvalue weighted by atomic mass is 16.5. The zero-order valence-corrected chi connectivity index (χ0v) is 15.4. The molecule has 0 radical (unpaired) electrons. The first-order chi connectivity index (χ1) is 13.1. The lowest BCUT2D eigenvalue weighted by atomic mass is 10.1. The minimum atomic E-state index is -0.359. The van der Waals surface area contributed by atoms with Gasteiger partial charge in [-0.25, -0.2) is 4.79 Å². The molecule has 1 aromatic carbocycles. The third-order valence-electron chi connectivity index (χ3n) is 3.96. The van der Waals surface area contributed by atoms with E-state index in [9.17, 15) is 4.79 Å². The van der Waals surface area contributed by atoms with Gasteiger partial charge in [-0.05, 0) is 23.8 Å². The quantitative estimate of drug-likeness (QED) is 0.699. The molecule has 27 heavy (non-hydrogen) atoms. The van der Waals surface area contributed by atoms with Crippen LogP contribution in [0.1, 0.15) is 5.56 Å². The Hall–Kier alpha value is -3.55. The summed E-state index contributed by atoms with van der Waals surface area (Å²) < 4.78 is 12.3. The lowest BCUT2D eigenvalue weighted by molar-refractivity contribution is 0.251. The van der Waals surface area contributed by atoms with E-state index >= 15 is 0 Å². The molecular weight excluding hydrogens is 346 g/mol. The Morgan fingerprint density at radius 1 is 1.19 bits per heavy atom. The Morgan fingerprint density at radius 3 is 2.74 bits per heavy atom. The van der Waals surface area contributed by atoms with E-state index in [2.05, 4.69) is 20.7 Å². The summed E-state index contributed by atoms with van der Waals surface area (Å²) in [7, 11) is 4.92. The average molecular weight is 367 g/mol. The van der Waals surface area contributed by atoms with Crippen LogP contribution in [0.4, 0.5) is 10.5 Å². The molecule has 0 aliphatic heterocycles. The van der Waals surface area contributed by atoms with Crippen molar-refractivity contribution in [3.05, 3.63) is 54.5 Å². The molecule has 0 saturated carbocycles. The molecule has 0 aliphatic rings. The van der Waals surface area contributed by atoms with Crippen LogP contribution in [0.5, 0.6) is 11.5 Å². The molecule has 0 aliphatic carbocycles. The summed E-state index contributed by atoms with van der Waals surface area (Å²) in [4.78, 5) is 16.8. The second-order valence-electron chi connectivity index (χ2n) is 5.76. The number of anilines is 1. The normalized spacial score (nSPS) is 10.3. The van der Waals surface area contributed by atoms with Gasteiger partial charge in [0.15, 0.2) is 11.5 Å². The van der Waals surface area contributed by atoms with Crippen LogP contribution in [-0.4, -0.2) is 35.0 Å². The average Bonchev–Trinajstić information content (AvgIpc) is 3.12. The number of carbonyl (C=O) groups excluding carboxylic acids is 1. The van der Waals surface area contributed by atoms with E-state index in [-0.39, 0.29) is 6.03 Å². The van der Waals surface area contributed by atoms with Gasteiger partial charge >= 0.3 is 6.03 Å². The number of aromatic nitrogens is 3. The number of ether oxygens (including phenoxy) is 2. The van der Waals surface area contributed by atoms with Gasteiger partial charge in [0.05, 0.1) is 31.8 Å². The highest BCUT2D eigenvalue weighted by Gasteiger charge is 2.13. The fourth-order valence-electron chi connectivity index (χ4n) is 2.71. The first-order valence-electron chi connectivity index (χ1n) is 8.31. The van der Waals surface area contributed by atoms with Crippen molar-refractivity contribution in [1.82, 2.24) is 20.1 Å². The molecule has 2 amide bonds. The minimum Gasteiger partial charge on any atom is -0.493 e. The number of pyridine rings is 1. The molecule has 0 unspecified atom stereocenters. The molecule has 0 saturated heterocycles. The Balaban J connectivity index is 1.71. The van der Waals surface area contributed by atoms with Gasteiger partial charge in [0.25, 0.3) is 0 Å². The van der Waals surface area contributed by atoms with Crippen LogP contribution in [-0.2, 0) is 13.6 Å². The van der Waals surface area contributed by atoms with E-state index in [1.54, 1.807) is 42.4 Å². The zero-order chi connectivity index (χ0) is 19.2. The van der Waals surface area contributed by atoms with E-state index < -0.39 is 0 Å². The third-order valence-corrected chi connectivity index (χ3v) is 3.96. The van der Waals surface area contributed by atoms with Crippen LogP contribution in [0.3, 0.4) is 0 Å². The van der Waals surface area contributed by atoms with Gasteiger partial charge in [-0.1, -0.05) is 12.1 Å². The van der Waals surface area contributed by atoms with Gasteiger partial charge < -0.3 is 20.1 Å². The lowest BCUT2D eigenvalue weighted by Gasteiger charge is -2.14. The van der Waals surface area contributed by atoms with E-state index in [1.807, 2.05) is 25.4 Å². The summed E-state index contributed by atoms with van der Waals surface area (Å²) in [5.41, 5.74) is 3.08. The van der Waals surface area contributed by atoms with Gasteiger partial charge in [0.2, 0.25) is 0 Å². The summed E-state index contributed by atoms with van der Waals surface area (Å²) in [6, 6.07) is 8.67. The highest BCUT2D eigenvalue weighted by molar-refractivity contribution is 5.91. The number of para-hydroxylation sites is 1. The maximum Gasteiger partial charge on any atom is 0.319 e. The van der Waals surface area contributed by atoms with Crippen LogP contribution >= 0.6 is 0 Å². The van der Waals surface area contributed by atoms with Crippen molar-refractivity contribution in [2.45, 2.75) is 6.54 Å². The van der Waals surface area contributed by atoms with Crippen LogP contribution < -0.4 is 20.1 Å². The number of nitrogens with one attached hydrogen (secondary N) is 2. The van der Waals surface area contributed by atoms with Crippen molar-refractivity contribution in [3.63, 3.8) is 0 Å².